The first-order valence-electron chi connectivity index (χ1n) is 10.3. The Labute approximate surface area is 193 Å². The molecule has 1 aliphatic heterocycles. The zero-order chi connectivity index (χ0) is 23.3. The molecule has 32 heavy (non-hydrogen) atoms. The van der Waals surface area contributed by atoms with E-state index in [1.807, 2.05) is 6.92 Å². The topological polar surface area (TPSA) is 94.2 Å². The Morgan fingerprint density at radius 3 is 2.59 bits per heavy atom. The van der Waals surface area contributed by atoms with Crippen molar-refractivity contribution < 1.29 is 27.4 Å². The van der Waals surface area contributed by atoms with E-state index >= 15 is 0 Å². The van der Waals surface area contributed by atoms with E-state index in [0.717, 1.165) is 6.42 Å². The number of carbonyl (C=O) groups is 1. The molecule has 1 fully saturated rings. The number of amides is 1. The van der Waals surface area contributed by atoms with E-state index in [2.05, 4.69) is 5.32 Å². The first kappa shape index (κ1) is 24.3. The van der Waals surface area contributed by atoms with Crippen molar-refractivity contribution in [3.8, 4) is 11.5 Å². The number of hydrogen-bond donors (Lipinski definition) is 1. The number of benzene rings is 2. The number of sulfonamides is 1. The zero-order valence-electron chi connectivity index (χ0n) is 18.3. The molecule has 2 aromatic rings. The van der Waals surface area contributed by atoms with Crippen LogP contribution in [0.1, 0.15) is 29.3 Å². The number of aryl methyl sites for hydroxylation is 1. The third-order valence-electron chi connectivity index (χ3n) is 4.98. The maximum atomic E-state index is 13.1. The van der Waals surface area contributed by atoms with Crippen molar-refractivity contribution in [2.24, 2.45) is 0 Å². The summed E-state index contributed by atoms with van der Waals surface area (Å²) in [5, 5.41) is 2.99. The fourth-order valence-electron chi connectivity index (χ4n) is 3.28. The lowest BCUT2D eigenvalue weighted by atomic mass is 10.1. The highest BCUT2D eigenvalue weighted by atomic mass is 35.5. The van der Waals surface area contributed by atoms with Crippen LogP contribution in [0.2, 0.25) is 5.02 Å². The molecule has 2 aromatic carbocycles. The van der Waals surface area contributed by atoms with Gasteiger partial charge in [0.1, 0.15) is 0 Å². The zero-order valence-corrected chi connectivity index (χ0v) is 19.9. The van der Waals surface area contributed by atoms with Gasteiger partial charge in [-0.25, -0.2) is 8.42 Å². The van der Waals surface area contributed by atoms with Gasteiger partial charge in [-0.05, 0) is 43.2 Å². The summed E-state index contributed by atoms with van der Waals surface area (Å²) in [6, 6.07) is 7.81. The molecule has 1 amide bonds. The number of nitrogens with zero attached hydrogens (tertiary/aromatic N) is 1. The summed E-state index contributed by atoms with van der Waals surface area (Å²) in [7, 11) is -2.24. The average Bonchev–Trinajstić information content (AvgIpc) is 2.79. The van der Waals surface area contributed by atoms with E-state index in [-0.39, 0.29) is 15.5 Å². The van der Waals surface area contributed by atoms with Crippen LogP contribution in [0.5, 0.6) is 11.5 Å². The number of halogens is 1. The van der Waals surface area contributed by atoms with Crippen LogP contribution in [0.15, 0.2) is 35.2 Å². The van der Waals surface area contributed by atoms with E-state index in [4.69, 9.17) is 25.8 Å². The van der Waals surface area contributed by atoms with Crippen LogP contribution >= 0.6 is 11.6 Å². The predicted octanol–water partition coefficient (Wildman–Crippen LogP) is 3.72. The van der Waals surface area contributed by atoms with Crippen molar-refractivity contribution in [1.82, 2.24) is 4.31 Å². The van der Waals surface area contributed by atoms with E-state index in [0.29, 0.717) is 55.7 Å². The van der Waals surface area contributed by atoms with Crippen LogP contribution < -0.4 is 14.8 Å². The fourth-order valence-corrected chi connectivity index (χ4v) is 5.20. The van der Waals surface area contributed by atoms with Crippen LogP contribution in [0.25, 0.3) is 0 Å². The summed E-state index contributed by atoms with van der Waals surface area (Å²) < 4.78 is 43.7. The fraction of sp³-hybridized carbons (Fsp3) is 0.409. The second-order valence-corrected chi connectivity index (χ2v) is 9.60. The molecule has 1 saturated heterocycles. The van der Waals surface area contributed by atoms with E-state index in [1.165, 1.54) is 29.6 Å². The number of anilines is 1. The van der Waals surface area contributed by atoms with Gasteiger partial charge in [-0.1, -0.05) is 24.6 Å². The summed E-state index contributed by atoms with van der Waals surface area (Å²) in [5.74, 6) is 0.267. The third-order valence-corrected chi connectivity index (χ3v) is 7.30. The smallest absolute Gasteiger partial charge is 0.255 e. The summed E-state index contributed by atoms with van der Waals surface area (Å²) in [6.07, 6.45) is 0.796. The Kier molecular flexibility index (Phi) is 8.00. The van der Waals surface area contributed by atoms with Crippen molar-refractivity contribution in [1.29, 1.82) is 0 Å². The molecule has 0 aromatic heterocycles. The average molecular weight is 483 g/mol. The number of ether oxygens (including phenoxy) is 3. The van der Waals surface area contributed by atoms with E-state index in [1.54, 1.807) is 19.1 Å². The van der Waals surface area contributed by atoms with Gasteiger partial charge in [0, 0.05) is 24.3 Å². The molecule has 0 radical (unpaired) electrons. The molecule has 0 aliphatic carbocycles. The maximum Gasteiger partial charge on any atom is 0.255 e. The molecule has 3 rings (SSSR count). The summed E-state index contributed by atoms with van der Waals surface area (Å²) in [5.41, 5.74) is 1.21. The molecule has 8 nitrogen and oxygen atoms in total. The molecule has 0 atom stereocenters. The first-order chi connectivity index (χ1) is 15.3. The van der Waals surface area contributed by atoms with Gasteiger partial charge in [0.15, 0.2) is 11.5 Å². The Bertz CT molecular complexity index is 1080. The third kappa shape index (κ3) is 5.35. The molecule has 174 valence electrons. The van der Waals surface area contributed by atoms with Gasteiger partial charge in [-0.3, -0.25) is 4.79 Å². The van der Waals surface area contributed by atoms with Gasteiger partial charge < -0.3 is 19.5 Å². The highest BCUT2D eigenvalue weighted by Crippen LogP contribution is 2.37. The molecule has 1 N–H and O–H groups in total. The van der Waals surface area contributed by atoms with Crippen LogP contribution in [0.3, 0.4) is 0 Å². The van der Waals surface area contributed by atoms with Gasteiger partial charge in [0.25, 0.3) is 5.91 Å². The minimum Gasteiger partial charge on any atom is -0.493 e. The number of hydrogen-bond acceptors (Lipinski definition) is 6. The number of methoxy groups -OCH3 is 1. The maximum absolute atomic E-state index is 13.1. The molecule has 0 bridgehead atoms. The summed E-state index contributed by atoms with van der Waals surface area (Å²) in [6.45, 7) is 5.46. The lowest BCUT2D eigenvalue weighted by Crippen LogP contribution is -2.40. The summed E-state index contributed by atoms with van der Waals surface area (Å²) in [4.78, 5) is 13.0. The standard InChI is InChI=1S/C22H27ClN2O6S/c1-4-9-31-21-18(23)12-16(13-19(21)29-3)22(26)24-17-6-5-15(2)20(14-17)32(27,28)25-7-10-30-11-8-25/h5-6,12-14H,4,7-11H2,1-3H3,(H,24,26). The van der Waals surface area contributed by atoms with Gasteiger partial charge in [-0.15, -0.1) is 0 Å². The summed E-state index contributed by atoms with van der Waals surface area (Å²) >= 11 is 6.31. The van der Waals surface area contributed by atoms with Gasteiger partial charge in [0.05, 0.1) is 36.8 Å². The minimum atomic E-state index is -3.70. The first-order valence-corrected chi connectivity index (χ1v) is 12.1. The van der Waals surface area contributed by atoms with Crippen LogP contribution in [-0.4, -0.2) is 58.7 Å². The predicted molar refractivity (Wildman–Crippen MR) is 123 cm³/mol. The van der Waals surface area contributed by atoms with Crippen LogP contribution in [0.4, 0.5) is 5.69 Å². The SMILES string of the molecule is CCCOc1c(Cl)cc(C(=O)Nc2ccc(C)c(S(=O)(=O)N3CCOCC3)c2)cc1OC. The molecule has 0 spiro atoms. The Balaban J connectivity index is 1.85. The molecule has 1 heterocycles. The van der Waals surface area contributed by atoms with Crippen molar-refractivity contribution in [3.63, 3.8) is 0 Å². The Morgan fingerprint density at radius 1 is 1.22 bits per heavy atom. The van der Waals surface area contributed by atoms with Crippen molar-refractivity contribution in [2.45, 2.75) is 25.2 Å². The molecular weight excluding hydrogens is 456 g/mol. The van der Waals surface area contributed by atoms with Crippen LogP contribution in [0, 0.1) is 6.92 Å². The lowest BCUT2D eigenvalue weighted by Gasteiger charge is -2.26. The minimum absolute atomic E-state index is 0.149. The van der Waals surface area contributed by atoms with E-state index < -0.39 is 15.9 Å². The number of carbonyl (C=O) groups excluding carboxylic acids is 1. The van der Waals surface area contributed by atoms with Crippen molar-refractivity contribution in [2.75, 3.05) is 45.3 Å². The van der Waals surface area contributed by atoms with Crippen molar-refractivity contribution in [3.05, 3.63) is 46.5 Å². The second-order valence-electron chi connectivity index (χ2n) is 7.29. The monoisotopic (exact) mass is 482 g/mol. The number of nitrogens with one attached hydrogen (secondary N) is 1. The van der Waals surface area contributed by atoms with Gasteiger partial charge in [0.2, 0.25) is 10.0 Å². The molecule has 0 saturated carbocycles. The molecule has 10 heteroatoms. The second kappa shape index (κ2) is 10.5. The van der Waals surface area contributed by atoms with E-state index in [9.17, 15) is 13.2 Å². The number of morpholine rings is 1. The largest absolute Gasteiger partial charge is 0.493 e. The Morgan fingerprint density at radius 2 is 1.94 bits per heavy atom. The normalized spacial score (nSPS) is 14.8. The quantitative estimate of drug-likeness (QED) is 0.616. The molecular formula is C22H27ClN2O6S. The molecule has 1 aliphatic rings. The Hall–Kier alpha value is -2.33. The van der Waals surface area contributed by atoms with Crippen molar-refractivity contribution >= 4 is 33.2 Å². The molecule has 0 unspecified atom stereocenters. The lowest BCUT2D eigenvalue weighted by molar-refractivity contribution is 0.0730. The highest BCUT2D eigenvalue weighted by Gasteiger charge is 2.28. The van der Waals surface area contributed by atoms with Crippen LogP contribution in [-0.2, 0) is 14.8 Å². The van der Waals surface area contributed by atoms with Gasteiger partial charge in [-0.2, -0.15) is 4.31 Å². The van der Waals surface area contributed by atoms with Gasteiger partial charge >= 0.3 is 0 Å². The highest BCUT2D eigenvalue weighted by molar-refractivity contribution is 7.89. The number of rotatable bonds is 8.